The highest BCUT2D eigenvalue weighted by molar-refractivity contribution is 5.87. The van der Waals surface area contributed by atoms with Crippen molar-refractivity contribution >= 4 is 11.8 Å². The van der Waals surface area contributed by atoms with Crippen molar-refractivity contribution in [2.75, 3.05) is 0 Å². The summed E-state index contributed by atoms with van der Waals surface area (Å²) in [6.07, 6.45) is 4.41. The lowest BCUT2D eigenvalue weighted by molar-refractivity contribution is -0.129. The number of pyridine rings is 1. The van der Waals surface area contributed by atoms with Gasteiger partial charge < -0.3 is 10.6 Å². The third-order valence-corrected chi connectivity index (χ3v) is 2.87. The number of carbonyl (C=O) groups is 2. The zero-order chi connectivity index (χ0) is 15.0. The van der Waals surface area contributed by atoms with Gasteiger partial charge in [0.2, 0.25) is 11.8 Å². The predicted molar refractivity (Wildman–Crippen MR) is 77.8 cm³/mol. The highest BCUT2D eigenvalue weighted by atomic mass is 16.2. The molecule has 0 saturated carbocycles. The molecule has 0 spiro atoms. The maximum Gasteiger partial charge on any atom is 0.242 e. The second-order valence-corrected chi connectivity index (χ2v) is 5.18. The molecule has 1 aromatic heterocycles. The summed E-state index contributed by atoms with van der Waals surface area (Å²) in [4.78, 5) is 27.6. The molecule has 0 radical (unpaired) electrons. The summed E-state index contributed by atoms with van der Waals surface area (Å²) in [5.74, 6) is 0.0813. The van der Waals surface area contributed by atoms with E-state index in [0.717, 1.165) is 5.56 Å². The first-order valence-electron chi connectivity index (χ1n) is 6.98. The highest BCUT2D eigenvalue weighted by Gasteiger charge is 2.20. The summed E-state index contributed by atoms with van der Waals surface area (Å²) >= 11 is 0. The van der Waals surface area contributed by atoms with Crippen LogP contribution in [0.5, 0.6) is 0 Å². The molecule has 0 aromatic carbocycles. The Kier molecular flexibility index (Phi) is 6.70. The zero-order valence-electron chi connectivity index (χ0n) is 12.3. The molecular formula is C15H23N3O2. The average Bonchev–Trinajstić information content (AvgIpc) is 2.44. The number of rotatable bonds is 7. The third kappa shape index (κ3) is 5.82. The molecule has 0 unspecified atom stereocenters. The van der Waals surface area contributed by atoms with Crippen LogP contribution in [0.3, 0.4) is 0 Å². The van der Waals surface area contributed by atoms with Crippen molar-refractivity contribution in [1.29, 1.82) is 0 Å². The van der Waals surface area contributed by atoms with Crippen LogP contribution in [0, 0.1) is 5.92 Å². The van der Waals surface area contributed by atoms with E-state index in [-0.39, 0.29) is 11.8 Å². The van der Waals surface area contributed by atoms with Gasteiger partial charge in [-0.05, 0) is 24.0 Å². The van der Waals surface area contributed by atoms with Gasteiger partial charge in [-0.2, -0.15) is 0 Å². The Morgan fingerprint density at radius 1 is 1.35 bits per heavy atom. The van der Waals surface area contributed by atoms with Crippen molar-refractivity contribution in [1.82, 2.24) is 15.6 Å². The molecule has 20 heavy (non-hydrogen) atoms. The number of aromatic nitrogens is 1. The number of hydrogen-bond acceptors (Lipinski definition) is 3. The predicted octanol–water partition coefficient (Wildman–Crippen LogP) is 1.64. The largest absolute Gasteiger partial charge is 0.350 e. The van der Waals surface area contributed by atoms with Crippen LogP contribution in [0.1, 0.15) is 39.2 Å². The van der Waals surface area contributed by atoms with E-state index in [2.05, 4.69) is 15.6 Å². The van der Waals surface area contributed by atoms with Gasteiger partial charge >= 0.3 is 0 Å². The van der Waals surface area contributed by atoms with E-state index in [9.17, 15) is 9.59 Å². The van der Waals surface area contributed by atoms with Gasteiger partial charge in [0.15, 0.2) is 0 Å². The molecule has 0 aliphatic carbocycles. The van der Waals surface area contributed by atoms with Crippen LogP contribution in [0.15, 0.2) is 24.5 Å². The SMILES string of the molecule is CCC(=O)N[C@@H](CC(C)C)C(=O)NCc1cccnc1. The number of nitrogens with zero attached hydrogens (tertiary/aromatic N) is 1. The molecule has 0 aliphatic rings. The minimum absolute atomic E-state index is 0.104. The molecular weight excluding hydrogens is 254 g/mol. The number of nitrogens with one attached hydrogen (secondary N) is 2. The molecule has 110 valence electrons. The van der Waals surface area contributed by atoms with Crippen LogP contribution in [-0.4, -0.2) is 22.8 Å². The van der Waals surface area contributed by atoms with Crippen molar-refractivity contribution < 1.29 is 9.59 Å². The normalized spacial score (nSPS) is 12.0. The van der Waals surface area contributed by atoms with Gasteiger partial charge in [-0.25, -0.2) is 0 Å². The average molecular weight is 277 g/mol. The van der Waals surface area contributed by atoms with E-state index < -0.39 is 6.04 Å². The third-order valence-electron chi connectivity index (χ3n) is 2.87. The molecule has 2 amide bonds. The van der Waals surface area contributed by atoms with E-state index in [4.69, 9.17) is 0 Å². The maximum atomic E-state index is 12.2. The lowest BCUT2D eigenvalue weighted by Crippen LogP contribution is -2.47. The lowest BCUT2D eigenvalue weighted by atomic mass is 10.0. The molecule has 1 heterocycles. The molecule has 5 nitrogen and oxygen atoms in total. The molecule has 0 bridgehead atoms. The Balaban J connectivity index is 2.56. The molecule has 0 saturated heterocycles. The Morgan fingerprint density at radius 3 is 2.65 bits per heavy atom. The van der Waals surface area contributed by atoms with Crippen molar-refractivity contribution in [2.24, 2.45) is 5.92 Å². The van der Waals surface area contributed by atoms with Crippen LogP contribution in [0.25, 0.3) is 0 Å². The Labute approximate surface area is 120 Å². The fourth-order valence-corrected chi connectivity index (χ4v) is 1.81. The molecule has 0 aliphatic heterocycles. The minimum atomic E-state index is -0.473. The van der Waals surface area contributed by atoms with Gasteiger partial charge in [-0.3, -0.25) is 14.6 Å². The van der Waals surface area contributed by atoms with Gasteiger partial charge in [0, 0.05) is 25.4 Å². The number of hydrogen-bond donors (Lipinski definition) is 2. The summed E-state index contributed by atoms with van der Waals surface area (Å²) in [6, 6.07) is 3.25. The molecule has 2 N–H and O–H groups in total. The number of amides is 2. The van der Waals surface area contributed by atoms with E-state index in [1.54, 1.807) is 19.3 Å². The van der Waals surface area contributed by atoms with E-state index >= 15 is 0 Å². The van der Waals surface area contributed by atoms with Gasteiger partial charge in [-0.1, -0.05) is 26.8 Å². The second-order valence-electron chi connectivity index (χ2n) is 5.18. The first kappa shape index (κ1) is 16.1. The monoisotopic (exact) mass is 277 g/mol. The van der Waals surface area contributed by atoms with Gasteiger partial charge in [-0.15, -0.1) is 0 Å². The molecule has 1 rings (SSSR count). The van der Waals surface area contributed by atoms with Crippen molar-refractivity contribution in [3.63, 3.8) is 0 Å². The summed E-state index contributed by atoms with van der Waals surface area (Å²) in [5, 5.41) is 5.61. The van der Waals surface area contributed by atoms with Crippen LogP contribution in [0.4, 0.5) is 0 Å². The highest BCUT2D eigenvalue weighted by Crippen LogP contribution is 2.06. The first-order chi connectivity index (χ1) is 9.52. The van der Waals surface area contributed by atoms with Gasteiger partial charge in [0.25, 0.3) is 0 Å². The molecule has 5 heteroatoms. The fourth-order valence-electron chi connectivity index (χ4n) is 1.81. The van der Waals surface area contributed by atoms with Crippen molar-refractivity contribution in [2.45, 2.75) is 46.2 Å². The Morgan fingerprint density at radius 2 is 2.10 bits per heavy atom. The van der Waals surface area contributed by atoms with Crippen molar-refractivity contribution in [3.8, 4) is 0 Å². The number of carbonyl (C=O) groups excluding carboxylic acids is 2. The molecule has 1 aromatic rings. The molecule has 0 fully saturated rings. The van der Waals surface area contributed by atoms with Crippen LogP contribution < -0.4 is 10.6 Å². The van der Waals surface area contributed by atoms with E-state index in [1.807, 2.05) is 26.0 Å². The minimum Gasteiger partial charge on any atom is -0.350 e. The van der Waals surface area contributed by atoms with Crippen LogP contribution in [0.2, 0.25) is 0 Å². The summed E-state index contributed by atoms with van der Waals surface area (Å²) in [6.45, 7) is 6.25. The standard InChI is InChI=1S/C15H23N3O2/c1-4-14(19)18-13(8-11(2)3)15(20)17-10-12-6-5-7-16-9-12/h5-7,9,11,13H,4,8,10H2,1-3H3,(H,17,20)(H,18,19)/t13-/m0/s1. The van der Waals surface area contributed by atoms with Crippen LogP contribution >= 0.6 is 0 Å². The van der Waals surface area contributed by atoms with E-state index in [0.29, 0.717) is 25.3 Å². The van der Waals surface area contributed by atoms with E-state index in [1.165, 1.54) is 0 Å². The topological polar surface area (TPSA) is 71.1 Å². The van der Waals surface area contributed by atoms with Crippen molar-refractivity contribution in [3.05, 3.63) is 30.1 Å². The van der Waals surface area contributed by atoms with Gasteiger partial charge in [0.1, 0.15) is 6.04 Å². The quantitative estimate of drug-likeness (QED) is 0.796. The van der Waals surface area contributed by atoms with Crippen LogP contribution in [-0.2, 0) is 16.1 Å². The second kappa shape index (κ2) is 8.30. The maximum absolute atomic E-state index is 12.2. The Hall–Kier alpha value is -1.91. The molecule has 1 atom stereocenters. The van der Waals surface area contributed by atoms with Gasteiger partial charge in [0.05, 0.1) is 0 Å². The lowest BCUT2D eigenvalue weighted by Gasteiger charge is -2.20. The summed E-state index contributed by atoms with van der Waals surface area (Å²) in [7, 11) is 0. The Bertz CT molecular complexity index is 432. The summed E-state index contributed by atoms with van der Waals surface area (Å²) < 4.78 is 0. The zero-order valence-corrected chi connectivity index (χ0v) is 12.3. The summed E-state index contributed by atoms with van der Waals surface area (Å²) in [5.41, 5.74) is 0.936. The smallest absolute Gasteiger partial charge is 0.242 e. The first-order valence-corrected chi connectivity index (χ1v) is 6.98. The fraction of sp³-hybridized carbons (Fsp3) is 0.533.